The van der Waals surface area contributed by atoms with Crippen molar-refractivity contribution in [1.29, 1.82) is 5.26 Å². The topological polar surface area (TPSA) is 68.3 Å². The largest absolute Gasteiger partial charge is 0.491 e. The standard InChI is InChI=1S/C17H20BF3N2O2/c1-15(2)16(3,4)25-18(24-15)14(10-23)8-11-5-12(9-22)7-13(6-11)17(19,20)21/h5-8H,10,23H2,1-4H3. The molecule has 1 fully saturated rings. The van der Waals surface area contributed by atoms with Gasteiger partial charge in [0.2, 0.25) is 0 Å². The molecular weight excluding hydrogens is 332 g/mol. The summed E-state index contributed by atoms with van der Waals surface area (Å²) in [4.78, 5) is 0. The quantitative estimate of drug-likeness (QED) is 0.845. The van der Waals surface area contributed by atoms with E-state index in [0.29, 0.717) is 5.47 Å². The molecule has 2 rings (SSSR count). The van der Waals surface area contributed by atoms with Gasteiger partial charge in [-0.3, -0.25) is 0 Å². The Hall–Kier alpha value is -1.82. The van der Waals surface area contributed by atoms with Crippen LogP contribution in [-0.2, 0) is 15.5 Å². The van der Waals surface area contributed by atoms with Gasteiger partial charge in [-0.1, -0.05) is 6.08 Å². The van der Waals surface area contributed by atoms with Crippen LogP contribution in [0.25, 0.3) is 6.08 Å². The number of hydrogen-bond donors (Lipinski definition) is 1. The van der Waals surface area contributed by atoms with Gasteiger partial charge in [0.1, 0.15) is 0 Å². The van der Waals surface area contributed by atoms with Gasteiger partial charge >= 0.3 is 13.3 Å². The van der Waals surface area contributed by atoms with E-state index in [1.54, 1.807) is 6.07 Å². The average Bonchev–Trinajstić information content (AvgIpc) is 2.71. The Kier molecular flexibility index (Phi) is 5.06. The summed E-state index contributed by atoms with van der Waals surface area (Å²) < 4.78 is 50.8. The second-order valence-electron chi connectivity index (χ2n) is 6.96. The summed E-state index contributed by atoms with van der Waals surface area (Å²) in [5.41, 5.74) is 4.35. The lowest BCUT2D eigenvalue weighted by Crippen LogP contribution is -2.41. The summed E-state index contributed by atoms with van der Waals surface area (Å²) >= 11 is 0. The van der Waals surface area contributed by atoms with E-state index in [-0.39, 0.29) is 17.7 Å². The van der Waals surface area contributed by atoms with Crippen LogP contribution in [0.3, 0.4) is 0 Å². The summed E-state index contributed by atoms with van der Waals surface area (Å²) in [6.45, 7) is 7.55. The van der Waals surface area contributed by atoms with Gasteiger partial charge in [0.15, 0.2) is 0 Å². The van der Waals surface area contributed by atoms with Gasteiger partial charge in [0, 0.05) is 6.54 Å². The van der Waals surface area contributed by atoms with E-state index < -0.39 is 30.1 Å². The highest BCUT2D eigenvalue weighted by Gasteiger charge is 2.52. The van der Waals surface area contributed by atoms with Crippen LogP contribution in [0.2, 0.25) is 0 Å². The van der Waals surface area contributed by atoms with E-state index in [0.717, 1.165) is 12.1 Å². The summed E-state index contributed by atoms with van der Waals surface area (Å²) in [6, 6.07) is 4.90. The number of hydrogen-bond acceptors (Lipinski definition) is 4. The molecule has 4 nitrogen and oxygen atoms in total. The molecule has 0 atom stereocenters. The molecule has 1 aromatic carbocycles. The zero-order valence-corrected chi connectivity index (χ0v) is 14.6. The Morgan fingerprint density at radius 2 is 1.76 bits per heavy atom. The van der Waals surface area contributed by atoms with Crippen LogP contribution in [0.15, 0.2) is 23.7 Å². The number of rotatable bonds is 3. The monoisotopic (exact) mass is 352 g/mol. The lowest BCUT2D eigenvalue weighted by atomic mass is 9.77. The van der Waals surface area contributed by atoms with Gasteiger partial charge in [0.25, 0.3) is 0 Å². The van der Waals surface area contributed by atoms with Crippen molar-refractivity contribution in [2.75, 3.05) is 6.54 Å². The van der Waals surface area contributed by atoms with Gasteiger partial charge in [-0.05, 0) is 56.9 Å². The van der Waals surface area contributed by atoms with Crippen molar-refractivity contribution in [3.63, 3.8) is 0 Å². The molecule has 0 amide bonds. The zero-order chi connectivity index (χ0) is 19.0. The second-order valence-corrected chi connectivity index (χ2v) is 6.96. The van der Waals surface area contributed by atoms with Gasteiger partial charge < -0.3 is 15.0 Å². The Morgan fingerprint density at radius 3 is 2.20 bits per heavy atom. The van der Waals surface area contributed by atoms with Crippen molar-refractivity contribution in [3.05, 3.63) is 40.4 Å². The van der Waals surface area contributed by atoms with Gasteiger partial charge in [-0.2, -0.15) is 18.4 Å². The first-order valence-electron chi connectivity index (χ1n) is 7.78. The van der Waals surface area contributed by atoms with Crippen molar-refractivity contribution in [2.24, 2.45) is 5.73 Å². The van der Waals surface area contributed by atoms with Crippen molar-refractivity contribution < 1.29 is 22.5 Å². The van der Waals surface area contributed by atoms with Crippen LogP contribution in [-0.4, -0.2) is 24.9 Å². The molecule has 0 saturated carbocycles. The number of nitrogens with two attached hydrogens (primary N) is 1. The molecule has 2 N–H and O–H groups in total. The molecule has 0 unspecified atom stereocenters. The molecule has 0 bridgehead atoms. The van der Waals surface area contributed by atoms with E-state index in [9.17, 15) is 13.2 Å². The van der Waals surface area contributed by atoms with Crippen molar-refractivity contribution in [3.8, 4) is 6.07 Å². The van der Waals surface area contributed by atoms with Crippen molar-refractivity contribution >= 4 is 13.2 Å². The fraction of sp³-hybridized carbons (Fsp3) is 0.471. The minimum Gasteiger partial charge on any atom is -0.400 e. The van der Waals surface area contributed by atoms with Crippen LogP contribution in [0.5, 0.6) is 0 Å². The van der Waals surface area contributed by atoms with Crippen molar-refractivity contribution in [1.82, 2.24) is 0 Å². The molecule has 8 heteroatoms. The first-order valence-corrected chi connectivity index (χ1v) is 7.78. The lowest BCUT2D eigenvalue weighted by molar-refractivity contribution is -0.137. The molecule has 0 aromatic heterocycles. The smallest absolute Gasteiger partial charge is 0.400 e. The molecule has 0 spiro atoms. The number of nitriles is 1. The van der Waals surface area contributed by atoms with Gasteiger partial charge in [0.05, 0.1) is 28.4 Å². The van der Waals surface area contributed by atoms with E-state index in [2.05, 4.69) is 0 Å². The second kappa shape index (κ2) is 6.48. The predicted molar refractivity (Wildman–Crippen MR) is 89.3 cm³/mol. The fourth-order valence-corrected chi connectivity index (χ4v) is 2.39. The fourth-order valence-electron chi connectivity index (χ4n) is 2.39. The predicted octanol–water partition coefficient (Wildman–Crippen LogP) is 3.55. The Bertz CT molecular complexity index is 720. The number of benzene rings is 1. The molecule has 1 heterocycles. The minimum atomic E-state index is -4.54. The summed E-state index contributed by atoms with van der Waals surface area (Å²) in [7, 11) is -0.755. The molecule has 1 aromatic rings. The Labute approximate surface area is 145 Å². The highest BCUT2D eigenvalue weighted by atomic mass is 19.4. The number of alkyl halides is 3. The van der Waals surface area contributed by atoms with E-state index in [1.165, 1.54) is 12.1 Å². The van der Waals surface area contributed by atoms with Gasteiger partial charge in [-0.25, -0.2) is 0 Å². The molecule has 1 aliphatic rings. The maximum atomic E-state index is 13.0. The normalized spacial score (nSPS) is 19.8. The van der Waals surface area contributed by atoms with Crippen molar-refractivity contribution in [2.45, 2.75) is 45.1 Å². The molecular formula is C17H20BF3N2O2. The zero-order valence-electron chi connectivity index (χ0n) is 14.6. The van der Waals surface area contributed by atoms with Crippen LogP contribution in [0.4, 0.5) is 13.2 Å². The summed E-state index contributed by atoms with van der Waals surface area (Å²) in [6.07, 6.45) is -3.05. The van der Waals surface area contributed by atoms with Crippen LogP contribution in [0, 0.1) is 11.3 Å². The van der Waals surface area contributed by atoms with Crippen LogP contribution in [0.1, 0.15) is 44.4 Å². The molecule has 25 heavy (non-hydrogen) atoms. The Balaban J connectivity index is 2.43. The maximum absolute atomic E-state index is 13.0. The molecule has 134 valence electrons. The third-order valence-electron chi connectivity index (χ3n) is 4.56. The lowest BCUT2D eigenvalue weighted by Gasteiger charge is -2.32. The third-order valence-corrected chi connectivity index (χ3v) is 4.56. The maximum Gasteiger partial charge on any atom is 0.491 e. The third kappa shape index (κ3) is 4.06. The Morgan fingerprint density at radius 1 is 1.20 bits per heavy atom. The number of halogens is 3. The van der Waals surface area contributed by atoms with E-state index in [4.69, 9.17) is 20.3 Å². The van der Waals surface area contributed by atoms with Crippen LogP contribution >= 0.6 is 0 Å². The highest BCUT2D eigenvalue weighted by molar-refractivity contribution is 6.55. The van der Waals surface area contributed by atoms with Crippen LogP contribution < -0.4 is 5.73 Å². The average molecular weight is 352 g/mol. The number of nitrogens with zero attached hydrogens (tertiary/aromatic N) is 1. The first-order chi connectivity index (χ1) is 11.4. The van der Waals surface area contributed by atoms with E-state index in [1.807, 2.05) is 27.7 Å². The molecule has 1 aliphatic heterocycles. The van der Waals surface area contributed by atoms with E-state index >= 15 is 0 Å². The first kappa shape index (κ1) is 19.5. The minimum absolute atomic E-state index is 0.0506. The summed E-state index contributed by atoms with van der Waals surface area (Å²) in [5, 5.41) is 8.98. The molecule has 0 radical (unpaired) electrons. The molecule has 1 saturated heterocycles. The summed E-state index contributed by atoms with van der Waals surface area (Å²) in [5.74, 6) is 0. The van der Waals surface area contributed by atoms with Gasteiger partial charge in [-0.15, -0.1) is 0 Å². The SMILES string of the molecule is CC1(C)OB(C(=Cc2cc(C#N)cc(C(F)(F)F)c2)CN)OC1(C)C. The molecule has 0 aliphatic carbocycles. The highest BCUT2D eigenvalue weighted by Crippen LogP contribution is 2.39.